The minimum atomic E-state index is -3.53. The Morgan fingerprint density at radius 1 is 1.24 bits per heavy atom. The third-order valence-electron chi connectivity index (χ3n) is 2.72. The molecule has 114 valence electrons. The maximum atomic E-state index is 12.3. The van der Waals surface area contributed by atoms with Crippen LogP contribution in [0.25, 0.3) is 0 Å². The highest BCUT2D eigenvalue weighted by molar-refractivity contribution is 9.10. The molecule has 4 nitrogen and oxygen atoms in total. The van der Waals surface area contributed by atoms with E-state index in [0.717, 1.165) is 9.35 Å². The monoisotopic (exact) mass is 388 g/mol. The predicted molar refractivity (Wildman–Crippen MR) is 91.2 cm³/mol. The highest BCUT2D eigenvalue weighted by Crippen LogP contribution is 2.23. The largest absolute Gasteiger partial charge is 0.310 e. The van der Waals surface area contributed by atoms with Gasteiger partial charge >= 0.3 is 0 Å². The Bertz CT molecular complexity index is 694. The fourth-order valence-electron chi connectivity index (χ4n) is 1.63. The average Bonchev–Trinajstić information content (AvgIpc) is 2.88. The van der Waals surface area contributed by atoms with E-state index < -0.39 is 10.0 Å². The molecule has 2 N–H and O–H groups in total. The Morgan fingerprint density at radius 3 is 2.52 bits per heavy atom. The van der Waals surface area contributed by atoms with Gasteiger partial charge in [0.25, 0.3) is 10.0 Å². The van der Waals surface area contributed by atoms with Crippen molar-refractivity contribution in [3.63, 3.8) is 0 Å². The molecule has 0 radical (unpaired) electrons. The van der Waals surface area contributed by atoms with Gasteiger partial charge in [-0.1, -0.05) is 29.8 Å². The summed E-state index contributed by atoms with van der Waals surface area (Å²) in [5.74, 6) is 0. The van der Waals surface area contributed by atoms with E-state index in [-0.39, 0.29) is 0 Å². The molecule has 0 amide bonds. The molecule has 0 saturated heterocycles. The van der Waals surface area contributed by atoms with Crippen LogP contribution in [0.3, 0.4) is 0 Å². The van der Waals surface area contributed by atoms with Gasteiger partial charge in [-0.3, -0.25) is 4.72 Å². The van der Waals surface area contributed by atoms with Crippen molar-refractivity contribution in [2.24, 2.45) is 0 Å². The zero-order valence-electron chi connectivity index (χ0n) is 11.8. The standard InChI is InChI=1S/C14H17BrN2O2S2/c1-10(2)16-8-13-7-14(9-20-13)21(18,19)17-12-5-3-11(15)4-6-12/h3-7,9-10,16-17H,8H2,1-2H3. The molecule has 2 rings (SSSR count). The Labute approximate surface area is 137 Å². The van der Waals surface area contributed by atoms with Gasteiger partial charge in [0, 0.05) is 33.0 Å². The highest BCUT2D eigenvalue weighted by Gasteiger charge is 2.16. The minimum absolute atomic E-state index is 0.302. The summed E-state index contributed by atoms with van der Waals surface area (Å²) in [6.07, 6.45) is 0. The van der Waals surface area contributed by atoms with Crippen LogP contribution in [0.5, 0.6) is 0 Å². The van der Waals surface area contributed by atoms with E-state index in [0.29, 0.717) is 23.2 Å². The number of nitrogens with one attached hydrogen (secondary N) is 2. The molecule has 0 fully saturated rings. The summed E-state index contributed by atoms with van der Waals surface area (Å²) in [7, 11) is -3.53. The van der Waals surface area contributed by atoms with Crippen LogP contribution in [0.4, 0.5) is 5.69 Å². The maximum absolute atomic E-state index is 12.3. The zero-order valence-corrected chi connectivity index (χ0v) is 15.0. The number of anilines is 1. The first-order chi connectivity index (χ1) is 9.87. The van der Waals surface area contributed by atoms with Gasteiger partial charge in [0.1, 0.15) is 0 Å². The Hall–Kier alpha value is -0.890. The predicted octanol–water partition coefficient (Wildman–Crippen LogP) is 3.81. The van der Waals surface area contributed by atoms with E-state index in [1.807, 2.05) is 0 Å². The lowest BCUT2D eigenvalue weighted by Crippen LogP contribution is -2.21. The summed E-state index contributed by atoms with van der Waals surface area (Å²) in [6, 6.07) is 9.10. The third kappa shape index (κ3) is 4.81. The van der Waals surface area contributed by atoms with Crippen LogP contribution in [0.1, 0.15) is 18.7 Å². The van der Waals surface area contributed by atoms with Gasteiger partial charge in [-0.15, -0.1) is 11.3 Å². The average molecular weight is 389 g/mol. The van der Waals surface area contributed by atoms with E-state index in [1.165, 1.54) is 11.3 Å². The SMILES string of the molecule is CC(C)NCc1cc(S(=O)(=O)Nc2ccc(Br)cc2)cs1. The Balaban J connectivity index is 2.10. The van der Waals surface area contributed by atoms with E-state index in [4.69, 9.17) is 0 Å². The van der Waals surface area contributed by atoms with Crippen molar-refractivity contribution in [3.05, 3.63) is 45.1 Å². The second-order valence-corrected chi connectivity index (χ2v) is 8.49. The lowest BCUT2D eigenvalue weighted by molar-refractivity contribution is 0.592. The molecular formula is C14H17BrN2O2S2. The van der Waals surface area contributed by atoms with Gasteiger partial charge in [0.2, 0.25) is 0 Å². The number of benzene rings is 1. The molecule has 0 aliphatic carbocycles. The van der Waals surface area contributed by atoms with Crippen molar-refractivity contribution < 1.29 is 8.42 Å². The van der Waals surface area contributed by atoms with Crippen LogP contribution < -0.4 is 10.0 Å². The lowest BCUT2D eigenvalue weighted by atomic mass is 10.3. The molecule has 1 aromatic carbocycles. The summed E-state index contributed by atoms with van der Waals surface area (Å²) >= 11 is 4.76. The number of hydrogen-bond acceptors (Lipinski definition) is 4. The van der Waals surface area contributed by atoms with Crippen LogP contribution in [0, 0.1) is 0 Å². The molecule has 1 heterocycles. The van der Waals surface area contributed by atoms with E-state index in [2.05, 4.69) is 39.8 Å². The van der Waals surface area contributed by atoms with Gasteiger partial charge < -0.3 is 5.32 Å². The third-order valence-corrected chi connectivity index (χ3v) is 5.70. The second-order valence-electron chi connectivity index (χ2n) is 4.90. The topological polar surface area (TPSA) is 58.2 Å². The van der Waals surface area contributed by atoms with Crippen molar-refractivity contribution >= 4 is 43.0 Å². The van der Waals surface area contributed by atoms with Crippen molar-refractivity contribution in [2.45, 2.75) is 31.3 Å². The Morgan fingerprint density at radius 2 is 1.90 bits per heavy atom. The number of rotatable bonds is 6. The van der Waals surface area contributed by atoms with Gasteiger partial charge in [-0.2, -0.15) is 0 Å². The van der Waals surface area contributed by atoms with Crippen molar-refractivity contribution in [1.29, 1.82) is 0 Å². The molecule has 21 heavy (non-hydrogen) atoms. The molecule has 7 heteroatoms. The van der Waals surface area contributed by atoms with Crippen LogP contribution in [0.2, 0.25) is 0 Å². The number of halogens is 1. The summed E-state index contributed by atoms with van der Waals surface area (Å²) in [5.41, 5.74) is 0.547. The quantitative estimate of drug-likeness (QED) is 0.790. The fraction of sp³-hybridized carbons (Fsp3) is 0.286. The molecule has 0 saturated carbocycles. The summed E-state index contributed by atoms with van der Waals surface area (Å²) < 4.78 is 28.1. The first kappa shape index (κ1) is 16.5. The second kappa shape index (κ2) is 6.91. The van der Waals surface area contributed by atoms with Gasteiger partial charge in [0.05, 0.1) is 4.90 Å². The summed E-state index contributed by atoms with van der Waals surface area (Å²) in [6.45, 7) is 4.79. The van der Waals surface area contributed by atoms with Gasteiger partial charge in [0.15, 0.2) is 0 Å². The molecule has 0 atom stereocenters. The van der Waals surface area contributed by atoms with Crippen molar-refractivity contribution in [1.82, 2.24) is 5.32 Å². The molecule has 1 aromatic heterocycles. The minimum Gasteiger partial charge on any atom is -0.310 e. The zero-order chi connectivity index (χ0) is 15.5. The normalized spacial score (nSPS) is 11.8. The molecule has 2 aromatic rings. The molecular weight excluding hydrogens is 372 g/mol. The number of hydrogen-bond donors (Lipinski definition) is 2. The first-order valence-corrected chi connectivity index (χ1v) is 9.61. The van der Waals surface area contributed by atoms with E-state index in [9.17, 15) is 8.42 Å². The van der Waals surface area contributed by atoms with Crippen molar-refractivity contribution in [3.8, 4) is 0 Å². The van der Waals surface area contributed by atoms with Crippen molar-refractivity contribution in [2.75, 3.05) is 4.72 Å². The number of sulfonamides is 1. The Kier molecular flexibility index (Phi) is 5.43. The lowest BCUT2D eigenvalue weighted by Gasteiger charge is -2.07. The van der Waals surface area contributed by atoms with Crippen LogP contribution in [0.15, 0.2) is 45.1 Å². The molecule has 0 spiro atoms. The molecule has 0 aliphatic heterocycles. The molecule has 0 aliphatic rings. The fourth-order valence-corrected chi connectivity index (χ4v) is 4.18. The molecule has 0 unspecified atom stereocenters. The van der Waals surface area contributed by atoms with Crippen LogP contribution in [-0.2, 0) is 16.6 Å². The van der Waals surface area contributed by atoms with Crippen LogP contribution in [-0.4, -0.2) is 14.5 Å². The summed E-state index contributed by atoms with van der Waals surface area (Å²) in [5, 5.41) is 4.94. The van der Waals surface area contributed by atoms with Crippen LogP contribution >= 0.6 is 27.3 Å². The maximum Gasteiger partial charge on any atom is 0.262 e. The first-order valence-electron chi connectivity index (χ1n) is 6.46. The van der Waals surface area contributed by atoms with Gasteiger partial charge in [-0.25, -0.2) is 8.42 Å². The number of thiophene rings is 1. The summed E-state index contributed by atoms with van der Waals surface area (Å²) in [4.78, 5) is 1.30. The highest BCUT2D eigenvalue weighted by atomic mass is 79.9. The van der Waals surface area contributed by atoms with E-state index in [1.54, 1.807) is 35.7 Å². The smallest absolute Gasteiger partial charge is 0.262 e. The van der Waals surface area contributed by atoms with E-state index >= 15 is 0 Å². The van der Waals surface area contributed by atoms with Gasteiger partial charge in [-0.05, 0) is 30.3 Å². The molecule has 0 bridgehead atoms.